The van der Waals surface area contributed by atoms with Gasteiger partial charge in [0.15, 0.2) is 17.5 Å². The summed E-state index contributed by atoms with van der Waals surface area (Å²) in [6.45, 7) is 4.60. The lowest BCUT2D eigenvalue weighted by Crippen LogP contribution is -2.15. The largest absolute Gasteiger partial charge is 0.231 e. The van der Waals surface area contributed by atoms with Crippen LogP contribution in [0, 0.1) is 0 Å². The third kappa shape index (κ3) is 5.47. The van der Waals surface area contributed by atoms with Gasteiger partial charge >= 0.3 is 0 Å². The fourth-order valence-electron chi connectivity index (χ4n) is 8.75. The Balaban J connectivity index is 1.07. The van der Waals surface area contributed by atoms with E-state index in [-0.39, 0.29) is 5.41 Å². The van der Waals surface area contributed by atoms with E-state index >= 15 is 0 Å². The first kappa shape index (κ1) is 33.8. The van der Waals surface area contributed by atoms with Gasteiger partial charge in [-0.3, -0.25) is 0 Å². The second-order valence-corrected chi connectivity index (χ2v) is 15.5. The van der Waals surface area contributed by atoms with Crippen molar-refractivity contribution in [3.63, 3.8) is 0 Å². The van der Waals surface area contributed by atoms with Gasteiger partial charge < -0.3 is 0 Å². The van der Waals surface area contributed by atoms with Crippen LogP contribution >= 0.6 is 0 Å². The van der Waals surface area contributed by atoms with Gasteiger partial charge in [-0.15, -0.1) is 0 Å². The first-order chi connectivity index (χ1) is 28.5. The van der Waals surface area contributed by atoms with Crippen molar-refractivity contribution in [1.29, 1.82) is 0 Å². The predicted octanol–water partition coefficient (Wildman–Crippen LogP) is 13.0. The zero-order valence-electron chi connectivity index (χ0n) is 32.1. The number of benzene rings is 7. The highest BCUT2D eigenvalue weighted by molar-refractivity contribution is 6.08. The van der Waals surface area contributed by atoms with Crippen LogP contribution in [0.25, 0.3) is 95.2 Å². The highest BCUT2D eigenvalue weighted by Crippen LogP contribution is 2.49. The molecule has 7 aromatic carbocycles. The van der Waals surface area contributed by atoms with Crippen LogP contribution in [0.5, 0.6) is 0 Å². The Bertz CT molecular complexity index is 3170. The van der Waals surface area contributed by atoms with E-state index in [2.05, 4.69) is 188 Å². The van der Waals surface area contributed by atoms with Gasteiger partial charge in [-0.05, 0) is 45.3 Å². The maximum absolute atomic E-state index is 5.43. The lowest BCUT2D eigenvalue weighted by molar-refractivity contribution is 0.660. The Hall–Kier alpha value is -7.50. The second-order valence-electron chi connectivity index (χ2n) is 15.5. The lowest BCUT2D eigenvalue weighted by atomic mass is 9.82. The minimum absolute atomic E-state index is 0.138. The molecule has 0 saturated heterocycles. The van der Waals surface area contributed by atoms with Gasteiger partial charge in [0.25, 0.3) is 0 Å². The van der Waals surface area contributed by atoms with E-state index in [0.29, 0.717) is 17.5 Å². The number of rotatable bonds is 6. The highest BCUT2D eigenvalue weighted by Gasteiger charge is 2.35. The average molecular weight is 744 g/mol. The summed E-state index contributed by atoms with van der Waals surface area (Å²) < 4.78 is 2.13. The van der Waals surface area contributed by atoms with Gasteiger partial charge in [0.2, 0.25) is 0 Å². The predicted molar refractivity (Wildman–Crippen MR) is 236 cm³/mol. The zero-order valence-corrected chi connectivity index (χ0v) is 32.1. The summed E-state index contributed by atoms with van der Waals surface area (Å²) in [5, 5.41) is 7.75. The summed E-state index contributed by atoms with van der Waals surface area (Å²) >= 11 is 0. The van der Waals surface area contributed by atoms with E-state index in [1.165, 1.54) is 27.6 Å². The van der Waals surface area contributed by atoms with Crippen LogP contribution in [0.3, 0.4) is 0 Å². The smallest absolute Gasteiger partial charge is 0.164 e. The van der Waals surface area contributed by atoms with Crippen LogP contribution < -0.4 is 0 Å². The van der Waals surface area contributed by atoms with Crippen molar-refractivity contribution in [3.05, 3.63) is 199 Å². The zero-order chi connectivity index (χ0) is 38.8. The van der Waals surface area contributed by atoms with E-state index in [9.17, 15) is 0 Å². The maximum Gasteiger partial charge on any atom is 0.164 e. The number of pyridine rings is 1. The van der Waals surface area contributed by atoms with E-state index in [4.69, 9.17) is 20.1 Å². The van der Waals surface area contributed by atoms with Crippen molar-refractivity contribution in [2.45, 2.75) is 19.3 Å². The monoisotopic (exact) mass is 743 g/mol. The Morgan fingerprint density at radius 1 is 0.414 bits per heavy atom. The molecule has 10 aromatic rings. The molecule has 0 saturated carbocycles. The van der Waals surface area contributed by atoms with E-state index in [1.54, 1.807) is 0 Å². The maximum atomic E-state index is 5.43. The van der Waals surface area contributed by atoms with Crippen LogP contribution in [-0.4, -0.2) is 24.6 Å². The molecule has 0 aliphatic heterocycles. The normalized spacial score (nSPS) is 12.8. The number of hydrogen-bond acceptors (Lipinski definition) is 4. The Labute approximate surface area is 337 Å². The molecule has 0 radical (unpaired) electrons. The summed E-state index contributed by atoms with van der Waals surface area (Å²) in [7, 11) is 0. The summed E-state index contributed by atoms with van der Waals surface area (Å²) in [5.74, 6) is 1.91. The molecule has 5 nitrogen and oxygen atoms in total. The van der Waals surface area contributed by atoms with Crippen LogP contribution in [0.15, 0.2) is 188 Å². The average Bonchev–Trinajstić information content (AvgIpc) is 3.80. The summed E-state index contributed by atoms with van der Waals surface area (Å²) in [6, 6.07) is 66.0. The molecule has 0 atom stereocenters. The van der Waals surface area contributed by atoms with E-state index in [0.717, 1.165) is 61.2 Å². The van der Waals surface area contributed by atoms with Gasteiger partial charge in [-0.25, -0.2) is 19.5 Å². The quantitative estimate of drug-likeness (QED) is 0.170. The number of nitrogens with zero attached hydrogens (tertiary/aromatic N) is 5. The van der Waals surface area contributed by atoms with Crippen molar-refractivity contribution in [1.82, 2.24) is 24.6 Å². The molecule has 0 spiro atoms. The molecule has 11 rings (SSSR count). The first-order valence-corrected chi connectivity index (χ1v) is 19.7. The SMILES string of the molecule is CC1(C)c2ccccc2-c2ccc(-c3nc(-c4ccccc4)nc(-c4ccc(-c5nn6c(-c7ccccc7)cc7ccccc7c6c5-c5ccccc5)cc4)n3)cc21. The molecule has 5 heteroatoms. The Morgan fingerprint density at radius 3 is 1.64 bits per heavy atom. The molecular weight excluding hydrogens is 707 g/mol. The van der Waals surface area contributed by atoms with Crippen molar-refractivity contribution in [2.24, 2.45) is 0 Å². The molecule has 0 unspecified atom stereocenters. The molecule has 3 aromatic heterocycles. The topological polar surface area (TPSA) is 56.0 Å². The van der Waals surface area contributed by atoms with Gasteiger partial charge in [0.05, 0.1) is 11.2 Å². The summed E-state index contributed by atoms with van der Waals surface area (Å²) in [5.41, 5.74) is 15.2. The van der Waals surface area contributed by atoms with Gasteiger partial charge in [-0.2, -0.15) is 5.10 Å². The first-order valence-electron chi connectivity index (χ1n) is 19.7. The molecular formula is C53H37N5. The molecule has 274 valence electrons. The highest BCUT2D eigenvalue weighted by atomic mass is 15.2. The van der Waals surface area contributed by atoms with Crippen LogP contribution in [0.4, 0.5) is 0 Å². The molecule has 1 aliphatic carbocycles. The van der Waals surface area contributed by atoms with Crippen LogP contribution in [-0.2, 0) is 5.41 Å². The molecule has 0 amide bonds. The van der Waals surface area contributed by atoms with Crippen LogP contribution in [0.1, 0.15) is 25.0 Å². The Kier molecular flexibility index (Phi) is 7.76. The van der Waals surface area contributed by atoms with Gasteiger partial charge in [-0.1, -0.05) is 190 Å². The fraction of sp³-hybridized carbons (Fsp3) is 0.0566. The molecule has 1 aliphatic rings. The molecule has 0 fully saturated rings. The van der Waals surface area contributed by atoms with Gasteiger partial charge in [0.1, 0.15) is 5.69 Å². The van der Waals surface area contributed by atoms with Gasteiger partial charge in [0, 0.05) is 44.2 Å². The minimum Gasteiger partial charge on any atom is -0.231 e. The lowest BCUT2D eigenvalue weighted by Gasteiger charge is -2.21. The fourth-order valence-corrected chi connectivity index (χ4v) is 8.75. The molecule has 0 bridgehead atoms. The minimum atomic E-state index is -0.138. The number of fused-ring (bicyclic) bond motifs is 6. The Morgan fingerprint density at radius 2 is 0.931 bits per heavy atom. The third-order valence-electron chi connectivity index (χ3n) is 11.7. The van der Waals surface area contributed by atoms with Crippen molar-refractivity contribution >= 4 is 16.3 Å². The van der Waals surface area contributed by atoms with Crippen molar-refractivity contribution < 1.29 is 0 Å². The third-order valence-corrected chi connectivity index (χ3v) is 11.7. The van der Waals surface area contributed by atoms with E-state index < -0.39 is 0 Å². The van der Waals surface area contributed by atoms with Crippen molar-refractivity contribution in [2.75, 3.05) is 0 Å². The molecule has 58 heavy (non-hydrogen) atoms. The summed E-state index contributed by atoms with van der Waals surface area (Å²) in [6.07, 6.45) is 0. The molecule has 3 heterocycles. The van der Waals surface area contributed by atoms with Crippen molar-refractivity contribution in [3.8, 4) is 78.9 Å². The molecule has 0 N–H and O–H groups in total. The number of hydrogen-bond donors (Lipinski definition) is 0. The second kappa shape index (κ2) is 13.3. The summed E-state index contributed by atoms with van der Waals surface area (Å²) in [4.78, 5) is 15.3. The standard InChI is InChI=1S/C53H37N5/c1-53(2)44-25-15-14-24-42(44)43-31-30-40(32-45(43)53)52-55-50(37-20-10-5-11-21-37)54-51(56-52)38-28-26-36(27-29-38)48-47(35-18-8-4-9-19-35)49-41-23-13-12-22-39(41)33-46(58(49)57-48)34-16-6-3-7-17-34/h3-33H,1-2H3. The number of aromatic nitrogens is 5. The van der Waals surface area contributed by atoms with Crippen LogP contribution in [0.2, 0.25) is 0 Å². The van der Waals surface area contributed by atoms with E-state index in [1.807, 2.05) is 18.2 Å².